The summed E-state index contributed by atoms with van der Waals surface area (Å²) in [6.45, 7) is 15.4. The van der Waals surface area contributed by atoms with Gasteiger partial charge in [0.15, 0.2) is 0 Å². The van der Waals surface area contributed by atoms with E-state index in [9.17, 15) is 0 Å². The van der Waals surface area contributed by atoms with Crippen molar-refractivity contribution in [3.8, 4) is 0 Å². The van der Waals surface area contributed by atoms with E-state index in [2.05, 4.69) is 63.0 Å². The summed E-state index contributed by atoms with van der Waals surface area (Å²) in [5.41, 5.74) is 4.19. The van der Waals surface area contributed by atoms with Crippen molar-refractivity contribution in [1.82, 2.24) is 5.32 Å². The Bertz CT molecular complexity index is 383. The van der Waals surface area contributed by atoms with Gasteiger partial charge in [-0.25, -0.2) is 0 Å². The molecule has 0 saturated carbocycles. The lowest BCUT2D eigenvalue weighted by Crippen LogP contribution is -2.30. The second-order valence-corrected chi connectivity index (χ2v) is 5.63. The molecule has 0 unspecified atom stereocenters. The number of nitrogens with one attached hydrogen (secondary N) is 1. The van der Waals surface area contributed by atoms with Gasteiger partial charge in [-0.1, -0.05) is 51.3 Å². The molecule has 1 aromatic rings. The highest BCUT2D eigenvalue weighted by Crippen LogP contribution is 2.24. The molecule has 0 aliphatic rings. The van der Waals surface area contributed by atoms with E-state index in [1.54, 1.807) is 0 Å². The minimum atomic E-state index is 0.795. The summed E-state index contributed by atoms with van der Waals surface area (Å²) in [7, 11) is 0. The summed E-state index contributed by atoms with van der Waals surface area (Å²) < 4.78 is 0. The van der Waals surface area contributed by atoms with Gasteiger partial charge in [-0.3, -0.25) is 0 Å². The van der Waals surface area contributed by atoms with Gasteiger partial charge in [0.1, 0.15) is 0 Å². The minimum absolute atomic E-state index is 0.795. The van der Waals surface area contributed by atoms with Crippen molar-refractivity contribution >= 4 is 5.69 Å². The van der Waals surface area contributed by atoms with Crippen LogP contribution >= 0.6 is 0 Å². The second-order valence-electron chi connectivity index (χ2n) is 5.63. The Morgan fingerprint density at radius 1 is 1.10 bits per heavy atom. The van der Waals surface area contributed by atoms with E-state index >= 15 is 0 Å². The standard InChI is InChI=1S/C18H32N2/c1-6-16(7-2)14-20(9-4)18-11-10-15(5)12-17(18)13-19-8-3/h10-12,16,19H,6-9,13-14H2,1-5H3. The molecule has 0 radical (unpaired) electrons. The van der Waals surface area contributed by atoms with Gasteiger partial charge in [0.2, 0.25) is 0 Å². The fraction of sp³-hybridized carbons (Fsp3) is 0.667. The number of hydrogen-bond acceptors (Lipinski definition) is 2. The van der Waals surface area contributed by atoms with Crippen molar-refractivity contribution in [3.63, 3.8) is 0 Å². The first kappa shape index (κ1) is 17.0. The van der Waals surface area contributed by atoms with Crippen molar-refractivity contribution in [2.45, 2.75) is 54.0 Å². The highest BCUT2D eigenvalue weighted by atomic mass is 15.1. The van der Waals surface area contributed by atoms with E-state index in [0.717, 1.165) is 25.6 Å². The lowest BCUT2D eigenvalue weighted by atomic mass is 10.0. The highest BCUT2D eigenvalue weighted by Gasteiger charge is 2.13. The predicted molar refractivity (Wildman–Crippen MR) is 90.5 cm³/mol. The average molecular weight is 276 g/mol. The van der Waals surface area contributed by atoms with Crippen LogP contribution in [0.25, 0.3) is 0 Å². The van der Waals surface area contributed by atoms with E-state index in [0.29, 0.717) is 0 Å². The molecule has 0 aromatic heterocycles. The van der Waals surface area contributed by atoms with Crippen LogP contribution in [0.1, 0.15) is 51.7 Å². The van der Waals surface area contributed by atoms with Gasteiger partial charge in [-0.15, -0.1) is 0 Å². The van der Waals surface area contributed by atoms with Crippen molar-refractivity contribution in [2.75, 3.05) is 24.5 Å². The zero-order valence-corrected chi connectivity index (χ0v) is 14.0. The van der Waals surface area contributed by atoms with Crippen LogP contribution in [-0.2, 0) is 6.54 Å². The van der Waals surface area contributed by atoms with Gasteiger partial charge in [-0.2, -0.15) is 0 Å². The minimum Gasteiger partial charge on any atom is -0.371 e. The number of anilines is 1. The van der Waals surface area contributed by atoms with E-state index < -0.39 is 0 Å². The first-order valence-electron chi connectivity index (χ1n) is 8.21. The summed E-state index contributed by atoms with van der Waals surface area (Å²) in [5.74, 6) is 0.795. The van der Waals surface area contributed by atoms with Gasteiger partial charge >= 0.3 is 0 Å². The van der Waals surface area contributed by atoms with Crippen LogP contribution in [0.2, 0.25) is 0 Å². The summed E-state index contributed by atoms with van der Waals surface area (Å²) in [6.07, 6.45) is 2.53. The maximum atomic E-state index is 3.47. The molecule has 2 heteroatoms. The summed E-state index contributed by atoms with van der Waals surface area (Å²) in [4.78, 5) is 2.55. The van der Waals surface area contributed by atoms with Crippen LogP contribution < -0.4 is 10.2 Å². The van der Waals surface area contributed by atoms with E-state index in [1.807, 2.05) is 0 Å². The predicted octanol–water partition coefficient (Wildman–Crippen LogP) is 4.37. The summed E-state index contributed by atoms with van der Waals surface area (Å²) in [6, 6.07) is 6.86. The number of aryl methyl sites for hydroxylation is 1. The van der Waals surface area contributed by atoms with Gasteiger partial charge in [0.05, 0.1) is 0 Å². The van der Waals surface area contributed by atoms with E-state index in [-0.39, 0.29) is 0 Å². The SMILES string of the molecule is CCNCc1cc(C)ccc1N(CC)CC(CC)CC. The normalized spacial score (nSPS) is 11.1. The zero-order valence-electron chi connectivity index (χ0n) is 14.0. The smallest absolute Gasteiger partial charge is 0.0412 e. The average Bonchev–Trinajstić information content (AvgIpc) is 2.47. The van der Waals surface area contributed by atoms with Crippen molar-refractivity contribution in [2.24, 2.45) is 5.92 Å². The second kappa shape index (κ2) is 9.02. The molecule has 0 aliphatic carbocycles. The third-order valence-electron chi connectivity index (χ3n) is 4.16. The number of nitrogens with zero attached hydrogens (tertiary/aromatic N) is 1. The molecule has 0 saturated heterocycles. The Labute approximate surface area is 125 Å². The third kappa shape index (κ3) is 4.82. The lowest BCUT2D eigenvalue weighted by molar-refractivity contribution is 0.485. The Hall–Kier alpha value is -1.02. The topological polar surface area (TPSA) is 15.3 Å². The molecular weight excluding hydrogens is 244 g/mol. The van der Waals surface area contributed by atoms with Crippen LogP contribution in [0.3, 0.4) is 0 Å². The van der Waals surface area contributed by atoms with Gasteiger partial charge in [0.25, 0.3) is 0 Å². The fourth-order valence-electron chi connectivity index (χ4n) is 2.68. The van der Waals surface area contributed by atoms with Crippen LogP contribution in [0.4, 0.5) is 5.69 Å². The highest BCUT2D eigenvalue weighted by molar-refractivity contribution is 5.55. The van der Waals surface area contributed by atoms with Crippen molar-refractivity contribution in [1.29, 1.82) is 0 Å². The van der Waals surface area contributed by atoms with Crippen molar-refractivity contribution < 1.29 is 0 Å². The largest absolute Gasteiger partial charge is 0.371 e. The van der Waals surface area contributed by atoms with E-state index in [4.69, 9.17) is 0 Å². The van der Waals surface area contributed by atoms with Crippen molar-refractivity contribution in [3.05, 3.63) is 29.3 Å². The quantitative estimate of drug-likeness (QED) is 0.720. The molecule has 0 bridgehead atoms. The Balaban J connectivity index is 2.94. The molecule has 1 rings (SSSR count). The van der Waals surface area contributed by atoms with Crippen LogP contribution in [0, 0.1) is 12.8 Å². The van der Waals surface area contributed by atoms with Gasteiger partial charge in [0, 0.05) is 25.3 Å². The Kier molecular flexibility index (Phi) is 7.68. The molecule has 0 atom stereocenters. The number of rotatable bonds is 9. The maximum Gasteiger partial charge on any atom is 0.0412 e. The van der Waals surface area contributed by atoms with Crippen LogP contribution in [-0.4, -0.2) is 19.6 Å². The fourth-order valence-corrected chi connectivity index (χ4v) is 2.68. The molecule has 0 spiro atoms. The molecule has 0 fully saturated rings. The van der Waals surface area contributed by atoms with Gasteiger partial charge < -0.3 is 10.2 Å². The first-order chi connectivity index (χ1) is 9.65. The third-order valence-corrected chi connectivity index (χ3v) is 4.16. The maximum absolute atomic E-state index is 3.47. The van der Waals surface area contributed by atoms with Crippen LogP contribution in [0.15, 0.2) is 18.2 Å². The number of hydrogen-bond donors (Lipinski definition) is 1. The number of benzene rings is 1. The first-order valence-corrected chi connectivity index (χ1v) is 8.21. The Morgan fingerprint density at radius 3 is 2.35 bits per heavy atom. The molecular formula is C18H32N2. The summed E-state index contributed by atoms with van der Waals surface area (Å²) >= 11 is 0. The molecule has 1 N–H and O–H groups in total. The molecule has 0 amide bonds. The molecule has 20 heavy (non-hydrogen) atoms. The molecule has 2 nitrogen and oxygen atoms in total. The molecule has 0 heterocycles. The van der Waals surface area contributed by atoms with Crippen LogP contribution in [0.5, 0.6) is 0 Å². The van der Waals surface area contributed by atoms with Gasteiger partial charge in [-0.05, 0) is 37.9 Å². The summed E-state index contributed by atoms with van der Waals surface area (Å²) in [5, 5.41) is 3.47. The molecule has 114 valence electrons. The zero-order chi connectivity index (χ0) is 15.0. The molecule has 0 aliphatic heterocycles. The monoisotopic (exact) mass is 276 g/mol. The lowest BCUT2D eigenvalue weighted by Gasteiger charge is -2.29. The molecule has 1 aromatic carbocycles. The Morgan fingerprint density at radius 2 is 1.80 bits per heavy atom. The van der Waals surface area contributed by atoms with E-state index in [1.165, 1.54) is 36.2 Å².